The Hall–Kier alpha value is -2.87. The van der Waals surface area contributed by atoms with Crippen molar-refractivity contribution in [3.8, 4) is 0 Å². The van der Waals surface area contributed by atoms with Gasteiger partial charge in [-0.25, -0.2) is 9.79 Å². The van der Waals surface area contributed by atoms with E-state index in [1.165, 1.54) is 11.8 Å². The molecule has 28 heavy (non-hydrogen) atoms. The summed E-state index contributed by atoms with van der Waals surface area (Å²) >= 11 is 6.41. The Balaban J connectivity index is 1.79. The molecule has 3 amide bonds. The highest BCUT2D eigenvalue weighted by Gasteiger charge is 2.56. The predicted octanol–water partition coefficient (Wildman–Crippen LogP) is 2.26. The number of halogens is 1. The fourth-order valence-corrected chi connectivity index (χ4v) is 4.12. The summed E-state index contributed by atoms with van der Waals surface area (Å²) in [5, 5.41) is 0.558. The SMILES string of the molecule is CC(=O)CN1C(=O)C2C(N=C3N(c4ccccc4Cl)C(C)=C(C)N32)N(C)C1=O. The molecule has 146 valence electrons. The van der Waals surface area contributed by atoms with Crippen LogP contribution in [0.2, 0.25) is 5.02 Å². The molecule has 0 aliphatic carbocycles. The number of anilines is 1. The molecule has 1 aromatic carbocycles. The number of imide groups is 1. The maximum atomic E-state index is 13.1. The molecule has 0 bridgehead atoms. The molecule has 0 spiro atoms. The summed E-state index contributed by atoms with van der Waals surface area (Å²) in [4.78, 5) is 48.2. The quantitative estimate of drug-likeness (QED) is 0.776. The van der Waals surface area contributed by atoms with Crippen LogP contribution in [0, 0.1) is 0 Å². The van der Waals surface area contributed by atoms with E-state index in [1.54, 1.807) is 13.1 Å². The zero-order valence-corrected chi connectivity index (χ0v) is 16.8. The van der Waals surface area contributed by atoms with Crippen molar-refractivity contribution in [2.75, 3.05) is 18.5 Å². The van der Waals surface area contributed by atoms with Gasteiger partial charge in [0, 0.05) is 18.4 Å². The highest BCUT2D eigenvalue weighted by atomic mass is 35.5. The van der Waals surface area contributed by atoms with Gasteiger partial charge in [-0.1, -0.05) is 23.7 Å². The number of benzene rings is 1. The topological polar surface area (TPSA) is 76.5 Å². The number of likely N-dealkylation sites (N-methyl/N-ethyl adjacent to an activating group) is 1. The van der Waals surface area contributed by atoms with Crippen molar-refractivity contribution in [2.45, 2.75) is 33.0 Å². The van der Waals surface area contributed by atoms with E-state index in [0.717, 1.165) is 22.0 Å². The Morgan fingerprint density at radius 3 is 2.50 bits per heavy atom. The third-order valence-corrected chi connectivity index (χ3v) is 5.69. The molecule has 8 nitrogen and oxygen atoms in total. The highest BCUT2D eigenvalue weighted by Crippen LogP contribution is 2.41. The van der Waals surface area contributed by atoms with Crippen LogP contribution in [-0.2, 0) is 9.59 Å². The molecule has 3 aliphatic heterocycles. The molecule has 1 fully saturated rings. The summed E-state index contributed by atoms with van der Waals surface area (Å²) in [5.74, 6) is -0.124. The van der Waals surface area contributed by atoms with Gasteiger partial charge in [-0.05, 0) is 32.9 Å². The van der Waals surface area contributed by atoms with Crippen LogP contribution >= 0.6 is 11.6 Å². The number of allylic oxidation sites excluding steroid dienone is 2. The molecule has 4 rings (SSSR count). The molecule has 1 saturated heterocycles. The summed E-state index contributed by atoms with van der Waals surface area (Å²) in [5.41, 5.74) is 2.50. The number of urea groups is 1. The average molecular weight is 402 g/mol. The van der Waals surface area contributed by atoms with Crippen molar-refractivity contribution in [1.29, 1.82) is 0 Å². The number of amides is 3. The Labute approximate surface area is 167 Å². The van der Waals surface area contributed by atoms with Gasteiger partial charge in [-0.15, -0.1) is 0 Å². The van der Waals surface area contributed by atoms with E-state index in [1.807, 2.05) is 41.8 Å². The van der Waals surface area contributed by atoms with Crippen molar-refractivity contribution < 1.29 is 14.4 Å². The summed E-state index contributed by atoms with van der Waals surface area (Å²) in [6.45, 7) is 4.95. The number of para-hydroxylation sites is 1. The van der Waals surface area contributed by atoms with Crippen molar-refractivity contribution in [2.24, 2.45) is 4.99 Å². The number of carbonyl (C=O) groups is 3. The minimum Gasteiger partial charge on any atom is -0.302 e. The Bertz CT molecular complexity index is 972. The van der Waals surface area contributed by atoms with Gasteiger partial charge in [0.05, 0.1) is 17.3 Å². The van der Waals surface area contributed by atoms with E-state index >= 15 is 0 Å². The normalized spacial score (nSPS) is 24.1. The molecule has 3 heterocycles. The van der Waals surface area contributed by atoms with Crippen LogP contribution in [0.3, 0.4) is 0 Å². The van der Waals surface area contributed by atoms with Crippen molar-refractivity contribution in [3.63, 3.8) is 0 Å². The van der Waals surface area contributed by atoms with Crippen LogP contribution in [0.4, 0.5) is 10.5 Å². The van der Waals surface area contributed by atoms with Gasteiger partial charge in [0.1, 0.15) is 5.78 Å². The molecule has 2 unspecified atom stereocenters. The molecule has 3 aliphatic rings. The van der Waals surface area contributed by atoms with E-state index in [2.05, 4.69) is 0 Å². The van der Waals surface area contributed by atoms with Crippen LogP contribution in [0.5, 0.6) is 0 Å². The molecular weight excluding hydrogens is 382 g/mol. The van der Waals surface area contributed by atoms with Crippen molar-refractivity contribution in [1.82, 2.24) is 14.7 Å². The van der Waals surface area contributed by atoms with Crippen molar-refractivity contribution >= 4 is 41.0 Å². The second-order valence-corrected chi connectivity index (χ2v) is 7.54. The third kappa shape index (κ3) is 2.44. The first-order valence-corrected chi connectivity index (χ1v) is 9.28. The molecule has 1 aromatic rings. The Morgan fingerprint density at radius 1 is 1.18 bits per heavy atom. The maximum absolute atomic E-state index is 13.1. The summed E-state index contributed by atoms with van der Waals surface area (Å²) < 4.78 is 0. The monoisotopic (exact) mass is 401 g/mol. The number of guanidine groups is 1. The van der Waals surface area contributed by atoms with Crippen LogP contribution in [0.15, 0.2) is 40.7 Å². The van der Waals surface area contributed by atoms with E-state index in [0.29, 0.717) is 11.0 Å². The number of hydrogen-bond acceptors (Lipinski definition) is 6. The van der Waals surface area contributed by atoms with Gasteiger partial charge < -0.3 is 4.90 Å². The Kier molecular flexibility index (Phi) is 4.19. The first-order chi connectivity index (χ1) is 13.2. The number of carbonyl (C=O) groups excluding carboxylic acids is 3. The molecule has 0 radical (unpaired) electrons. The number of Topliss-reactive ketones (excluding diaryl/α,β-unsaturated/α-hetero) is 1. The lowest BCUT2D eigenvalue weighted by Gasteiger charge is -2.40. The second kappa shape index (κ2) is 6.34. The predicted molar refractivity (Wildman–Crippen MR) is 105 cm³/mol. The Morgan fingerprint density at radius 2 is 1.86 bits per heavy atom. The molecular formula is C19H20ClN5O3. The molecule has 2 atom stereocenters. The number of rotatable bonds is 3. The number of fused-ring (bicyclic) bond motifs is 3. The minimum atomic E-state index is -0.709. The van der Waals surface area contributed by atoms with Gasteiger partial charge in [-0.3, -0.25) is 24.3 Å². The fourth-order valence-electron chi connectivity index (χ4n) is 3.90. The van der Waals surface area contributed by atoms with Gasteiger partial charge in [0.2, 0.25) is 5.96 Å². The zero-order chi connectivity index (χ0) is 20.3. The lowest BCUT2D eigenvalue weighted by Crippen LogP contribution is -2.65. The van der Waals surface area contributed by atoms with Crippen LogP contribution < -0.4 is 4.90 Å². The summed E-state index contributed by atoms with van der Waals surface area (Å²) in [7, 11) is 1.59. The minimum absolute atomic E-state index is 0.246. The van der Waals surface area contributed by atoms with E-state index in [-0.39, 0.29) is 12.3 Å². The number of nitrogens with zero attached hydrogens (tertiary/aromatic N) is 5. The lowest BCUT2D eigenvalue weighted by atomic mass is 10.1. The average Bonchev–Trinajstić information content (AvgIpc) is 3.14. The van der Waals surface area contributed by atoms with Gasteiger partial charge >= 0.3 is 6.03 Å². The van der Waals surface area contributed by atoms with Crippen molar-refractivity contribution in [3.05, 3.63) is 40.7 Å². The standard InChI is InChI=1S/C19H20ClN5O3/c1-10(26)9-23-17(27)15-16(22(4)19(23)28)21-18-24(11(2)12(3)25(15)18)14-8-6-5-7-13(14)20/h5-8,15-16H,9H2,1-4H3. The van der Waals surface area contributed by atoms with Crippen LogP contribution in [0.1, 0.15) is 20.8 Å². The highest BCUT2D eigenvalue weighted by molar-refractivity contribution is 6.34. The van der Waals surface area contributed by atoms with E-state index in [4.69, 9.17) is 16.6 Å². The summed E-state index contributed by atoms with van der Waals surface area (Å²) in [6, 6.07) is 6.17. The number of ketones is 1. The summed E-state index contributed by atoms with van der Waals surface area (Å²) in [6.07, 6.45) is -0.661. The molecule has 0 aromatic heterocycles. The lowest BCUT2D eigenvalue weighted by molar-refractivity contribution is -0.139. The molecule has 0 saturated carbocycles. The van der Waals surface area contributed by atoms with Crippen LogP contribution in [-0.4, -0.2) is 64.2 Å². The molecule has 9 heteroatoms. The third-order valence-electron chi connectivity index (χ3n) is 5.37. The second-order valence-electron chi connectivity index (χ2n) is 7.14. The maximum Gasteiger partial charge on any atom is 0.328 e. The fraction of sp³-hybridized carbons (Fsp3) is 0.368. The van der Waals surface area contributed by atoms with Gasteiger partial charge in [0.25, 0.3) is 5.91 Å². The van der Waals surface area contributed by atoms with E-state index in [9.17, 15) is 14.4 Å². The smallest absolute Gasteiger partial charge is 0.302 e. The first kappa shape index (κ1) is 18.5. The van der Waals surface area contributed by atoms with E-state index < -0.39 is 24.1 Å². The largest absolute Gasteiger partial charge is 0.328 e. The molecule has 0 N–H and O–H groups in total. The number of aliphatic imine (C=N–C) groups is 1. The van der Waals surface area contributed by atoms with Crippen LogP contribution in [0.25, 0.3) is 0 Å². The first-order valence-electron chi connectivity index (χ1n) is 8.90. The van der Waals surface area contributed by atoms with Gasteiger partial charge in [0.15, 0.2) is 12.2 Å². The zero-order valence-electron chi connectivity index (χ0n) is 16.0. The van der Waals surface area contributed by atoms with Gasteiger partial charge in [-0.2, -0.15) is 0 Å². The number of hydrogen-bond donors (Lipinski definition) is 0.